The van der Waals surface area contributed by atoms with Gasteiger partial charge in [-0.25, -0.2) is 0 Å². The van der Waals surface area contributed by atoms with Gasteiger partial charge in [0.15, 0.2) is 6.29 Å². The van der Waals surface area contributed by atoms with Crippen LogP contribution in [0.5, 0.6) is 0 Å². The van der Waals surface area contributed by atoms with Crippen molar-refractivity contribution in [3.8, 4) is 0 Å². The Balaban J connectivity index is 1.44. The summed E-state index contributed by atoms with van der Waals surface area (Å²) in [4.78, 5) is 1.72. The van der Waals surface area contributed by atoms with Crippen molar-refractivity contribution >= 4 is 0 Å². The summed E-state index contributed by atoms with van der Waals surface area (Å²) in [6.07, 6.45) is 12.7. The van der Waals surface area contributed by atoms with Crippen LogP contribution in [0, 0.1) is 5.92 Å². The van der Waals surface area contributed by atoms with Crippen molar-refractivity contribution in [2.75, 3.05) is 26.2 Å². The fourth-order valence-electron chi connectivity index (χ4n) is 3.47. The van der Waals surface area contributed by atoms with Crippen molar-refractivity contribution in [1.29, 1.82) is 0 Å². The van der Waals surface area contributed by atoms with Crippen LogP contribution < -0.4 is 4.90 Å². The molecule has 3 nitrogen and oxygen atoms in total. The largest absolute Gasteiger partial charge is 0.349 e. The molecular formula is C15H26NO2+. The summed E-state index contributed by atoms with van der Waals surface area (Å²) in [6, 6.07) is 0. The third-order valence-electron chi connectivity index (χ3n) is 4.54. The van der Waals surface area contributed by atoms with Gasteiger partial charge in [-0.2, -0.15) is 0 Å². The molecule has 3 rings (SSSR count). The van der Waals surface area contributed by atoms with Crippen LogP contribution in [-0.2, 0) is 9.47 Å². The maximum atomic E-state index is 6.13. The molecule has 0 radical (unpaired) electrons. The molecule has 2 fully saturated rings. The SMILES string of the molecule is C1=CC[C@H]([C@H]2OC[C@@H](C[NH+]3CCCCC3)O2)CC1. The number of rotatable bonds is 3. The molecule has 1 N–H and O–H groups in total. The molecular weight excluding hydrogens is 226 g/mol. The van der Waals surface area contributed by atoms with Crippen LogP contribution >= 0.6 is 0 Å². The van der Waals surface area contributed by atoms with Gasteiger partial charge >= 0.3 is 0 Å². The van der Waals surface area contributed by atoms with Crippen molar-refractivity contribution in [2.45, 2.75) is 50.9 Å². The molecule has 0 aromatic rings. The van der Waals surface area contributed by atoms with Gasteiger partial charge in [-0.05, 0) is 38.5 Å². The Morgan fingerprint density at radius 2 is 2.00 bits per heavy atom. The first-order valence-electron chi connectivity index (χ1n) is 7.67. The van der Waals surface area contributed by atoms with E-state index in [-0.39, 0.29) is 6.29 Å². The van der Waals surface area contributed by atoms with Crippen molar-refractivity contribution in [3.05, 3.63) is 12.2 Å². The average molecular weight is 252 g/mol. The molecule has 0 saturated carbocycles. The summed E-state index contributed by atoms with van der Waals surface area (Å²) >= 11 is 0. The molecule has 2 aliphatic heterocycles. The summed E-state index contributed by atoms with van der Waals surface area (Å²) in [5.41, 5.74) is 0. The van der Waals surface area contributed by atoms with Crippen LogP contribution in [0.15, 0.2) is 12.2 Å². The maximum absolute atomic E-state index is 6.13. The molecule has 0 spiro atoms. The van der Waals surface area contributed by atoms with Crippen LogP contribution in [0.2, 0.25) is 0 Å². The molecule has 0 aromatic carbocycles. The smallest absolute Gasteiger partial charge is 0.161 e. The monoisotopic (exact) mass is 252 g/mol. The number of quaternary nitrogens is 1. The second-order valence-electron chi connectivity index (χ2n) is 6.02. The summed E-state index contributed by atoms with van der Waals surface area (Å²) < 4.78 is 12.0. The number of hydrogen-bond acceptors (Lipinski definition) is 2. The summed E-state index contributed by atoms with van der Waals surface area (Å²) in [7, 11) is 0. The lowest BCUT2D eigenvalue weighted by molar-refractivity contribution is -0.907. The third-order valence-corrected chi connectivity index (χ3v) is 4.54. The first-order chi connectivity index (χ1) is 8.92. The summed E-state index contributed by atoms with van der Waals surface area (Å²) in [6.45, 7) is 4.63. The summed E-state index contributed by atoms with van der Waals surface area (Å²) in [5.74, 6) is 0.594. The maximum Gasteiger partial charge on any atom is 0.161 e. The normalized spacial score (nSPS) is 38.1. The van der Waals surface area contributed by atoms with Gasteiger partial charge in [0.25, 0.3) is 0 Å². The van der Waals surface area contributed by atoms with E-state index < -0.39 is 0 Å². The van der Waals surface area contributed by atoms with Gasteiger partial charge in [-0.15, -0.1) is 0 Å². The van der Waals surface area contributed by atoms with E-state index in [2.05, 4.69) is 12.2 Å². The first kappa shape index (κ1) is 12.6. The lowest BCUT2D eigenvalue weighted by atomic mass is 9.94. The Kier molecular flexibility index (Phi) is 4.34. The van der Waals surface area contributed by atoms with Crippen molar-refractivity contribution in [2.24, 2.45) is 5.92 Å². The molecule has 102 valence electrons. The predicted octanol–water partition coefficient (Wildman–Crippen LogP) is 1.15. The van der Waals surface area contributed by atoms with Crippen LogP contribution in [-0.4, -0.2) is 38.6 Å². The van der Waals surface area contributed by atoms with Gasteiger partial charge in [0.05, 0.1) is 19.7 Å². The lowest BCUT2D eigenvalue weighted by Gasteiger charge is -2.26. The number of piperidine rings is 1. The number of ether oxygens (including phenoxy) is 2. The Bertz CT molecular complexity index is 286. The molecule has 0 bridgehead atoms. The zero-order valence-corrected chi connectivity index (χ0v) is 11.3. The van der Waals surface area contributed by atoms with Crippen LogP contribution in [0.4, 0.5) is 0 Å². The molecule has 0 amide bonds. The number of allylic oxidation sites excluding steroid dienone is 2. The van der Waals surface area contributed by atoms with Gasteiger partial charge < -0.3 is 14.4 Å². The quantitative estimate of drug-likeness (QED) is 0.762. The highest BCUT2D eigenvalue weighted by Gasteiger charge is 2.34. The van der Waals surface area contributed by atoms with Crippen LogP contribution in [0.25, 0.3) is 0 Å². The van der Waals surface area contributed by atoms with E-state index in [0.29, 0.717) is 12.0 Å². The van der Waals surface area contributed by atoms with E-state index in [1.807, 2.05) is 0 Å². The predicted molar refractivity (Wildman–Crippen MR) is 70.5 cm³/mol. The van der Waals surface area contributed by atoms with Gasteiger partial charge in [-0.1, -0.05) is 12.2 Å². The Hall–Kier alpha value is -0.380. The second kappa shape index (κ2) is 6.18. The topological polar surface area (TPSA) is 22.9 Å². The molecule has 1 aliphatic carbocycles. The molecule has 0 aromatic heterocycles. The summed E-state index contributed by atoms with van der Waals surface area (Å²) in [5, 5.41) is 0. The second-order valence-corrected chi connectivity index (χ2v) is 6.02. The fraction of sp³-hybridized carbons (Fsp3) is 0.867. The number of likely N-dealkylation sites (tertiary alicyclic amines) is 1. The van der Waals surface area contributed by atoms with Gasteiger partial charge in [-0.3, -0.25) is 0 Å². The van der Waals surface area contributed by atoms with Gasteiger partial charge in [0.1, 0.15) is 12.6 Å². The molecule has 3 aliphatic rings. The zero-order chi connectivity index (χ0) is 12.2. The average Bonchev–Trinajstić information content (AvgIpc) is 2.89. The van der Waals surface area contributed by atoms with Crippen molar-refractivity contribution in [3.63, 3.8) is 0 Å². The highest BCUT2D eigenvalue weighted by Crippen LogP contribution is 2.28. The van der Waals surface area contributed by atoms with E-state index in [9.17, 15) is 0 Å². The standard InChI is InChI=1S/C15H25NO2/c1-3-7-13(8-4-1)15-17-12-14(18-15)11-16-9-5-2-6-10-16/h1,3,13-15H,2,4-12H2/p+1/t13-,14+,15-/m0/s1. The van der Waals surface area contributed by atoms with Crippen molar-refractivity contribution in [1.82, 2.24) is 0 Å². The molecule has 2 saturated heterocycles. The molecule has 2 heterocycles. The lowest BCUT2D eigenvalue weighted by Crippen LogP contribution is -3.13. The number of hydrogen-bond donors (Lipinski definition) is 1. The van der Waals surface area contributed by atoms with E-state index in [4.69, 9.17) is 9.47 Å². The minimum Gasteiger partial charge on any atom is -0.349 e. The van der Waals surface area contributed by atoms with E-state index >= 15 is 0 Å². The van der Waals surface area contributed by atoms with Gasteiger partial charge in [0.2, 0.25) is 0 Å². The minimum atomic E-state index is 0.0733. The highest BCUT2D eigenvalue weighted by molar-refractivity contribution is 4.91. The highest BCUT2D eigenvalue weighted by atomic mass is 16.7. The van der Waals surface area contributed by atoms with Crippen LogP contribution in [0.1, 0.15) is 38.5 Å². The Labute approximate surface area is 110 Å². The van der Waals surface area contributed by atoms with Gasteiger partial charge in [0, 0.05) is 5.92 Å². The molecule has 18 heavy (non-hydrogen) atoms. The van der Waals surface area contributed by atoms with E-state index in [1.54, 1.807) is 4.90 Å². The zero-order valence-electron chi connectivity index (χ0n) is 11.3. The van der Waals surface area contributed by atoms with E-state index in [1.165, 1.54) is 45.2 Å². The van der Waals surface area contributed by atoms with E-state index in [0.717, 1.165) is 19.6 Å². The fourth-order valence-corrected chi connectivity index (χ4v) is 3.47. The molecule has 3 atom stereocenters. The first-order valence-corrected chi connectivity index (χ1v) is 7.67. The Morgan fingerprint density at radius 3 is 2.78 bits per heavy atom. The molecule has 0 unspecified atom stereocenters. The Morgan fingerprint density at radius 1 is 1.11 bits per heavy atom. The molecule has 3 heteroatoms. The minimum absolute atomic E-state index is 0.0733. The number of nitrogens with one attached hydrogen (secondary N) is 1. The third kappa shape index (κ3) is 3.14. The van der Waals surface area contributed by atoms with Crippen molar-refractivity contribution < 1.29 is 14.4 Å². The van der Waals surface area contributed by atoms with Crippen LogP contribution in [0.3, 0.4) is 0 Å².